The number of thioether (sulfide) groups is 1. The van der Waals surface area contributed by atoms with Gasteiger partial charge < -0.3 is 14.0 Å². The molecule has 1 aromatic heterocycles. The van der Waals surface area contributed by atoms with E-state index < -0.39 is 12.6 Å². The Bertz CT molecular complexity index is 652. The van der Waals surface area contributed by atoms with E-state index in [9.17, 15) is 13.3 Å². The predicted molar refractivity (Wildman–Crippen MR) is 80.0 cm³/mol. The summed E-state index contributed by atoms with van der Waals surface area (Å²) in [5.74, 6) is 0. The minimum atomic E-state index is -4.53. The van der Waals surface area contributed by atoms with Gasteiger partial charge in [0.25, 0.3) is 0 Å². The first-order valence-corrected chi connectivity index (χ1v) is 8.81. The molecule has 0 radical (unpaired) electrons. The number of hydrogen-bond acceptors (Lipinski definition) is 4. The van der Waals surface area contributed by atoms with Crippen molar-refractivity contribution in [3.63, 3.8) is 0 Å². The molecule has 1 aromatic carbocycles. The maximum Gasteiger partial charge on any atom is 0.410 e. The van der Waals surface area contributed by atoms with Gasteiger partial charge in [0.1, 0.15) is 0 Å². The predicted octanol–water partition coefficient (Wildman–Crippen LogP) is 5.08. The summed E-state index contributed by atoms with van der Waals surface area (Å²) in [4.78, 5) is -0.461. The molecule has 0 aliphatic carbocycles. The van der Waals surface area contributed by atoms with Crippen LogP contribution >= 0.6 is 19.4 Å². The van der Waals surface area contributed by atoms with E-state index in [0.29, 0.717) is 10.3 Å². The van der Waals surface area contributed by atoms with E-state index in [1.54, 1.807) is 24.3 Å². The van der Waals surface area contributed by atoms with Crippen LogP contribution in [0.2, 0.25) is 0 Å². The summed E-state index contributed by atoms with van der Waals surface area (Å²) in [6.07, 6.45) is 1.46. The van der Waals surface area contributed by atoms with Crippen LogP contribution in [0.4, 0.5) is 8.78 Å². The second-order valence-corrected chi connectivity index (χ2v) is 7.65. The molecule has 116 valence electrons. The Morgan fingerprint density at radius 2 is 1.86 bits per heavy atom. The molecule has 0 unspecified atom stereocenters. The van der Waals surface area contributed by atoms with Crippen molar-refractivity contribution >= 4 is 30.3 Å². The lowest BCUT2D eigenvalue weighted by atomic mass is 10.2. The van der Waals surface area contributed by atoms with Crippen molar-refractivity contribution in [2.24, 2.45) is 0 Å². The third kappa shape index (κ3) is 3.31. The Morgan fingerprint density at radius 3 is 2.48 bits per heavy atom. The number of fused-ring (bicyclic) bond motifs is 1. The molecule has 0 atom stereocenters. The summed E-state index contributed by atoms with van der Waals surface area (Å²) in [7, 11) is -4.53. The molecule has 0 spiro atoms. The number of halogens is 2. The number of aromatic amines is 1. The summed E-state index contributed by atoms with van der Waals surface area (Å²) >= 11 is 0.191. The summed E-state index contributed by atoms with van der Waals surface area (Å²) in [6.45, 7) is 2.78. The van der Waals surface area contributed by atoms with Gasteiger partial charge in [-0.15, -0.1) is 0 Å². The van der Waals surface area contributed by atoms with Gasteiger partial charge in [-0.25, -0.2) is 0 Å². The Hall–Kier alpha value is -0.880. The number of para-hydroxylation sites is 1. The van der Waals surface area contributed by atoms with Gasteiger partial charge in [0.05, 0.1) is 13.2 Å². The highest BCUT2D eigenvalue weighted by atomic mass is 32.2. The molecule has 1 N–H and O–H groups in total. The highest BCUT2D eigenvalue weighted by Gasteiger charge is 2.54. The van der Waals surface area contributed by atoms with Gasteiger partial charge in [0.2, 0.25) is 0 Å². The lowest BCUT2D eigenvalue weighted by Gasteiger charge is -2.24. The van der Waals surface area contributed by atoms with Gasteiger partial charge in [-0.05, 0) is 31.7 Å². The second-order valence-electron chi connectivity index (χ2n) is 4.12. The van der Waals surface area contributed by atoms with Crippen molar-refractivity contribution in [2.45, 2.75) is 23.7 Å². The molecule has 0 aliphatic rings. The highest BCUT2D eigenvalue weighted by Crippen LogP contribution is 2.68. The van der Waals surface area contributed by atoms with E-state index >= 15 is 0 Å². The zero-order valence-corrected chi connectivity index (χ0v) is 13.3. The van der Waals surface area contributed by atoms with E-state index in [1.165, 1.54) is 20.0 Å². The average molecular weight is 335 g/mol. The average Bonchev–Trinajstić information content (AvgIpc) is 2.82. The quantitative estimate of drug-likeness (QED) is 0.566. The molecule has 0 fully saturated rings. The van der Waals surface area contributed by atoms with E-state index in [1.807, 2.05) is 0 Å². The molecule has 0 aliphatic heterocycles. The van der Waals surface area contributed by atoms with Crippen LogP contribution in [0.25, 0.3) is 10.9 Å². The maximum absolute atomic E-state index is 14.4. The molecular formula is C13H16F2NO3PS. The van der Waals surface area contributed by atoms with Crippen molar-refractivity contribution < 1.29 is 22.4 Å². The summed E-state index contributed by atoms with van der Waals surface area (Å²) in [6, 6.07) is 7.05. The van der Waals surface area contributed by atoms with Crippen molar-refractivity contribution in [1.29, 1.82) is 0 Å². The zero-order chi connectivity index (χ0) is 15.5. The summed E-state index contributed by atoms with van der Waals surface area (Å²) in [5, 5.41) is 0.640. The third-order valence-corrected chi connectivity index (χ3v) is 6.28. The molecule has 2 rings (SSSR count). The maximum atomic E-state index is 14.4. The number of alkyl halides is 2. The van der Waals surface area contributed by atoms with E-state index in [4.69, 9.17) is 9.05 Å². The van der Waals surface area contributed by atoms with Crippen LogP contribution in [0.3, 0.4) is 0 Å². The Balaban J connectivity index is 2.33. The molecule has 21 heavy (non-hydrogen) atoms. The highest BCUT2D eigenvalue weighted by molar-refractivity contribution is 8.06. The van der Waals surface area contributed by atoms with Crippen molar-refractivity contribution in [3.05, 3.63) is 30.5 Å². The van der Waals surface area contributed by atoms with Gasteiger partial charge in [0, 0.05) is 22.0 Å². The first-order chi connectivity index (χ1) is 9.93. The van der Waals surface area contributed by atoms with E-state index in [-0.39, 0.29) is 25.0 Å². The molecule has 0 saturated heterocycles. The lowest BCUT2D eigenvalue weighted by Crippen LogP contribution is -2.16. The zero-order valence-electron chi connectivity index (χ0n) is 11.6. The first-order valence-electron chi connectivity index (χ1n) is 6.45. The van der Waals surface area contributed by atoms with E-state index in [2.05, 4.69) is 4.98 Å². The van der Waals surface area contributed by atoms with Gasteiger partial charge in [0.15, 0.2) is 0 Å². The van der Waals surface area contributed by atoms with Crippen molar-refractivity contribution in [2.75, 3.05) is 13.2 Å². The Morgan fingerprint density at radius 1 is 1.24 bits per heavy atom. The Labute approximate surface area is 125 Å². The van der Waals surface area contributed by atoms with Gasteiger partial charge in [-0.3, -0.25) is 4.57 Å². The molecule has 0 amide bonds. The van der Waals surface area contributed by atoms with Crippen LogP contribution in [0, 0.1) is 0 Å². The van der Waals surface area contributed by atoms with E-state index in [0.717, 1.165) is 5.52 Å². The fraction of sp³-hybridized carbons (Fsp3) is 0.385. The number of benzene rings is 1. The second kappa shape index (κ2) is 6.48. The molecule has 0 saturated carbocycles. The van der Waals surface area contributed by atoms with Crippen molar-refractivity contribution in [3.8, 4) is 0 Å². The smallest absolute Gasteiger partial charge is 0.360 e. The third-order valence-electron chi connectivity index (χ3n) is 2.70. The van der Waals surface area contributed by atoms with Crippen LogP contribution < -0.4 is 0 Å². The molecule has 8 heteroatoms. The number of rotatable bonds is 7. The van der Waals surface area contributed by atoms with Crippen LogP contribution in [0.5, 0.6) is 0 Å². The molecule has 4 nitrogen and oxygen atoms in total. The van der Waals surface area contributed by atoms with Crippen LogP contribution in [0.1, 0.15) is 13.8 Å². The van der Waals surface area contributed by atoms with Crippen LogP contribution in [-0.2, 0) is 13.6 Å². The molecule has 0 bridgehead atoms. The minimum absolute atomic E-state index is 0.110. The first kappa shape index (κ1) is 16.5. The number of H-pyrrole nitrogens is 1. The number of aromatic nitrogens is 1. The largest absolute Gasteiger partial charge is 0.410 e. The lowest BCUT2D eigenvalue weighted by molar-refractivity contribution is 0.112. The van der Waals surface area contributed by atoms with Gasteiger partial charge in [-0.1, -0.05) is 18.2 Å². The number of hydrogen-bond donors (Lipinski definition) is 1. The molecule has 2 aromatic rings. The Kier molecular flexibility index (Phi) is 5.09. The van der Waals surface area contributed by atoms with Gasteiger partial charge in [-0.2, -0.15) is 8.78 Å². The summed E-state index contributed by atoms with van der Waals surface area (Å²) in [5.41, 5.74) is 0.735. The number of nitrogens with one attached hydrogen (secondary N) is 1. The van der Waals surface area contributed by atoms with Crippen molar-refractivity contribution in [1.82, 2.24) is 4.98 Å². The van der Waals surface area contributed by atoms with Crippen LogP contribution in [0.15, 0.2) is 35.4 Å². The molecular weight excluding hydrogens is 319 g/mol. The standard InChI is InChI=1S/C13H16F2NO3PS/c1-3-18-20(17,19-4-2)13(14,15)21-12-9-16-11-8-6-5-7-10(11)12/h5-9,16H,3-4H2,1-2H3. The van der Waals surface area contributed by atoms with Gasteiger partial charge >= 0.3 is 12.6 Å². The minimum Gasteiger partial charge on any atom is -0.360 e. The van der Waals surface area contributed by atoms with Crippen LogP contribution in [-0.4, -0.2) is 23.2 Å². The fourth-order valence-corrected chi connectivity index (χ4v) is 4.63. The fourth-order valence-electron chi connectivity index (χ4n) is 1.85. The normalized spacial score (nSPS) is 13.0. The summed E-state index contributed by atoms with van der Waals surface area (Å²) < 4.78 is 50.5. The molecule has 1 heterocycles. The topological polar surface area (TPSA) is 51.3 Å². The monoisotopic (exact) mass is 335 g/mol. The SMILES string of the molecule is CCOP(=O)(OCC)C(F)(F)Sc1c[nH]c2ccccc12.